The predicted octanol–water partition coefficient (Wildman–Crippen LogP) is -4.83. The van der Waals surface area contributed by atoms with Crippen LogP contribution in [0.1, 0.15) is 0 Å². The second-order valence-electron chi connectivity index (χ2n) is 0. The maximum atomic E-state index is 0. The van der Waals surface area contributed by atoms with Crippen molar-refractivity contribution in [3.8, 4) is 0 Å². The second kappa shape index (κ2) is 119. The van der Waals surface area contributed by atoms with Gasteiger partial charge in [-0.2, -0.15) is 0 Å². The minimum absolute atomic E-state index is 0. The quantitative estimate of drug-likeness (QED) is 0.419. The Kier molecular flexibility index (Phi) is 3030. The molecule has 0 spiro atoms. The van der Waals surface area contributed by atoms with Crippen LogP contribution in [0.3, 0.4) is 0 Å². The molecule has 0 radical (unpaired) electrons. The molecule has 0 aliphatic heterocycles. The Morgan fingerprint density at radius 2 is 0.571 bits per heavy atom. The summed E-state index contributed by atoms with van der Waals surface area (Å²) in [6, 6.07) is 0. The summed E-state index contributed by atoms with van der Waals surface area (Å²) in [5.41, 5.74) is 0. The Labute approximate surface area is 81.1 Å². The molecule has 0 fully saturated rings. The molecular weight excluding hydrogens is 235 g/mol. The van der Waals surface area contributed by atoms with Crippen molar-refractivity contribution in [2.75, 3.05) is 0 Å². The Morgan fingerprint density at radius 1 is 0.571 bits per heavy atom. The van der Waals surface area contributed by atoms with Gasteiger partial charge in [0.25, 0.3) is 0 Å². The zero-order valence-electron chi connectivity index (χ0n) is 3.69. The monoisotopic (exact) mass is 240 g/mol. The summed E-state index contributed by atoms with van der Waals surface area (Å²) < 4.78 is 0. The summed E-state index contributed by atoms with van der Waals surface area (Å²) in [7, 11) is 0. The van der Waals surface area contributed by atoms with Crippen LogP contribution in [0, 0.1) is 0 Å². The van der Waals surface area contributed by atoms with E-state index in [0.717, 1.165) is 0 Å². The zero-order chi connectivity index (χ0) is 0. The van der Waals surface area contributed by atoms with E-state index in [-0.39, 0.29) is 81.4 Å². The molecule has 48 valence electrons. The molecule has 0 atom stereocenters. The molecule has 0 aromatic rings. The molecule has 0 saturated carbocycles. The van der Waals surface area contributed by atoms with E-state index in [1.54, 1.807) is 0 Å². The third-order valence-electron chi connectivity index (χ3n) is 0. The third kappa shape index (κ3) is 86.4. The fourth-order valence-electron chi connectivity index (χ4n) is 0. The van der Waals surface area contributed by atoms with Gasteiger partial charge >= 0.3 is 19.5 Å². The van der Waals surface area contributed by atoms with Gasteiger partial charge in [-0.3, -0.25) is 0 Å². The summed E-state index contributed by atoms with van der Waals surface area (Å²) in [4.78, 5) is 0. The van der Waals surface area contributed by atoms with Crippen LogP contribution >= 0.6 is 24.8 Å². The first-order valence-corrected chi connectivity index (χ1v) is 0. The zero-order valence-corrected chi connectivity index (χ0v) is 9.81. The Morgan fingerprint density at radius 3 is 0.571 bits per heavy atom. The summed E-state index contributed by atoms with van der Waals surface area (Å²) in [6.45, 7) is 0. The molecule has 2 nitrogen and oxygen atoms in total. The minimum Gasteiger partial charge on any atom is -1.00 e. The van der Waals surface area contributed by atoms with Gasteiger partial charge in [-0.1, -0.05) is 0 Å². The minimum atomic E-state index is 0. The fourth-order valence-corrected chi connectivity index (χ4v) is 0. The normalized spacial score (nSPS) is 0. The Bertz CT molecular complexity index is 9.65. The molecule has 7 heteroatoms. The number of halogens is 4. The van der Waals surface area contributed by atoms with Crippen LogP contribution in [0.2, 0.25) is 0 Å². The molecule has 0 aliphatic rings. The van der Waals surface area contributed by atoms with E-state index >= 15 is 0 Å². The predicted molar refractivity (Wildman–Crippen MR) is 24.5 cm³/mol. The molecule has 0 bridgehead atoms. The van der Waals surface area contributed by atoms with Crippen LogP contribution in [-0.4, -0.2) is 0 Å². The van der Waals surface area contributed by atoms with E-state index in [0.29, 0.717) is 0 Å². The fraction of sp³-hybridized carbons (Fsp3) is 0. The smallest absolute Gasteiger partial charge is 1.00 e. The van der Waals surface area contributed by atoms with E-state index in [1.807, 2.05) is 0 Å². The summed E-state index contributed by atoms with van der Waals surface area (Å²) in [5.74, 6) is 0. The van der Waals surface area contributed by atoms with E-state index in [9.17, 15) is 0 Å². The van der Waals surface area contributed by atoms with Crippen LogP contribution in [0.25, 0.3) is 0 Å². The third-order valence-corrected chi connectivity index (χ3v) is 0. The Balaban J connectivity index is 0. The van der Waals surface area contributed by atoms with E-state index in [1.165, 1.54) is 0 Å². The van der Waals surface area contributed by atoms with Gasteiger partial charge in [0.1, 0.15) is 0 Å². The molecule has 7 heavy (non-hydrogen) atoms. The van der Waals surface area contributed by atoms with Gasteiger partial charge < -0.3 is 37.1 Å². The first kappa shape index (κ1) is 178. The molecule has 0 amide bonds. The van der Waals surface area contributed by atoms with Crippen LogP contribution in [0.5, 0.6) is 0 Å². The van der Waals surface area contributed by atoms with Crippen molar-refractivity contribution in [2.24, 2.45) is 0 Å². The number of hydrogen-bond donors (Lipinski definition) is 2. The van der Waals surface area contributed by atoms with Crippen LogP contribution in [0.4, 0.5) is 0 Å². The van der Waals surface area contributed by atoms with Crippen LogP contribution < -0.4 is 37.1 Å². The first-order valence-electron chi connectivity index (χ1n) is 0. The summed E-state index contributed by atoms with van der Waals surface area (Å²) in [5, 5.41) is 0. The molecule has 0 rings (SSSR count). The van der Waals surface area contributed by atoms with E-state index in [2.05, 4.69) is 0 Å². The first-order chi connectivity index (χ1) is 0. The second-order valence-corrected chi connectivity index (χ2v) is 0. The molecule has 0 aromatic heterocycles. The molecule has 0 unspecified atom stereocenters. The molecular formula is H8Cl4N2Zn. The average molecular weight is 243 g/mol. The van der Waals surface area contributed by atoms with Crippen LogP contribution in [-0.2, 0) is 19.5 Å². The maximum absolute atomic E-state index is 0. The maximum Gasteiger partial charge on any atom is 2.00 e. The van der Waals surface area contributed by atoms with Gasteiger partial charge in [0, 0.05) is 0 Å². The van der Waals surface area contributed by atoms with Gasteiger partial charge in [0.05, 0.1) is 0 Å². The number of hydrogen-bond acceptors (Lipinski definition) is 2. The van der Waals surface area contributed by atoms with Crippen molar-refractivity contribution >= 4 is 24.8 Å². The van der Waals surface area contributed by atoms with Crippen molar-refractivity contribution in [1.82, 2.24) is 12.3 Å². The number of rotatable bonds is 0. The SMILES string of the molecule is Cl.Cl.N.N.[Cl-].[Cl-].[Zn+2]. The van der Waals surface area contributed by atoms with Crippen molar-refractivity contribution in [1.29, 1.82) is 0 Å². The molecule has 0 aromatic carbocycles. The van der Waals surface area contributed by atoms with E-state index in [4.69, 9.17) is 0 Å². The van der Waals surface area contributed by atoms with Gasteiger partial charge in [0.2, 0.25) is 0 Å². The molecule has 6 N–H and O–H groups in total. The topological polar surface area (TPSA) is 70.0 Å². The van der Waals surface area contributed by atoms with Gasteiger partial charge in [-0.05, 0) is 0 Å². The Hall–Kier alpha value is 1.70. The largest absolute Gasteiger partial charge is 2.00 e. The van der Waals surface area contributed by atoms with Gasteiger partial charge in [0.15, 0.2) is 0 Å². The molecule has 0 aliphatic carbocycles. The van der Waals surface area contributed by atoms with Crippen LogP contribution in [0.15, 0.2) is 0 Å². The van der Waals surface area contributed by atoms with Gasteiger partial charge in [-0.25, -0.2) is 0 Å². The van der Waals surface area contributed by atoms with Crippen molar-refractivity contribution in [3.63, 3.8) is 0 Å². The van der Waals surface area contributed by atoms with E-state index < -0.39 is 0 Å². The standard InChI is InChI=1S/4ClH.2H3N.Zn/h4*1H;2*1H3;/q;;;;;;+2/p-2. The summed E-state index contributed by atoms with van der Waals surface area (Å²) >= 11 is 0. The molecule has 0 heterocycles. The van der Waals surface area contributed by atoms with Crippen molar-refractivity contribution < 1.29 is 44.3 Å². The van der Waals surface area contributed by atoms with Crippen molar-refractivity contribution in [3.05, 3.63) is 0 Å². The van der Waals surface area contributed by atoms with Gasteiger partial charge in [-0.15, -0.1) is 24.8 Å². The average Bonchev–Trinajstić information content (AvgIpc) is 0. The summed E-state index contributed by atoms with van der Waals surface area (Å²) in [6.07, 6.45) is 0. The molecule has 0 saturated heterocycles. The van der Waals surface area contributed by atoms with Crippen molar-refractivity contribution in [2.45, 2.75) is 0 Å².